The Morgan fingerprint density at radius 1 is 1.26 bits per heavy atom. The van der Waals surface area contributed by atoms with Crippen molar-refractivity contribution < 1.29 is 9.18 Å². The van der Waals surface area contributed by atoms with Crippen molar-refractivity contribution in [3.63, 3.8) is 0 Å². The third-order valence-corrected chi connectivity index (χ3v) is 3.09. The molecule has 0 atom stereocenters. The number of carbonyl (C=O) groups is 1. The van der Waals surface area contributed by atoms with Gasteiger partial charge in [-0.2, -0.15) is 0 Å². The molecular weight excluding hydrogens is 265 g/mol. The number of hydrogen-bond acceptors (Lipinski definition) is 1. The summed E-state index contributed by atoms with van der Waals surface area (Å²) >= 11 is 5.74. The standard InChI is InChI=1S/C15H13ClFNO/c1-10-5-6-12(17)8-14(10)15(19)18-13-4-2-3-11(7-13)9-16/h2-8H,9H2,1H3,(H,18,19). The maximum Gasteiger partial charge on any atom is 0.256 e. The van der Waals surface area contributed by atoms with Crippen molar-refractivity contribution in [2.24, 2.45) is 0 Å². The summed E-state index contributed by atoms with van der Waals surface area (Å²) < 4.78 is 13.2. The number of benzene rings is 2. The van der Waals surface area contributed by atoms with E-state index in [1.807, 2.05) is 12.1 Å². The Balaban J connectivity index is 2.23. The summed E-state index contributed by atoms with van der Waals surface area (Å²) in [5.41, 5.74) is 2.62. The van der Waals surface area contributed by atoms with Crippen molar-refractivity contribution in [1.29, 1.82) is 0 Å². The van der Waals surface area contributed by atoms with Gasteiger partial charge in [0.2, 0.25) is 0 Å². The summed E-state index contributed by atoms with van der Waals surface area (Å²) in [5.74, 6) is -0.378. The summed E-state index contributed by atoms with van der Waals surface area (Å²) in [6.07, 6.45) is 0. The highest BCUT2D eigenvalue weighted by Crippen LogP contribution is 2.16. The lowest BCUT2D eigenvalue weighted by Crippen LogP contribution is -2.13. The molecule has 0 saturated heterocycles. The van der Waals surface area contributed by atoms with Gasteiger partial charge in [-0.15, -0.1) is 11.6 Å². The van der Waals surface area contributed by atoms with Gasteiger partial charge in [0.15, 0.2) is 0 Å². The average Bonchev–Trinajstić information content (AvgIpc) is 2.41. The Morgan fingerprint density at radius 3 is 2.79 bits per heavy atom. The Morgan fingerprint density at radius 2 is 2.05 bits per heavy atom. The molecule has 2 aromatic rings. The van der Waals surface area contributed by atoms with E-state index in [2.05, 4.69) is 5.32 Å². The van der Waals surface area contributed by atoms with E-state index in [1.54, 1.807) is 25.1 Å². The first-order chi connectivity index (χ1) is 9.10. The Labute approximate surface area is 116 Å². The van der Waals surface area contributed by atoms with Crippen molar-refractivity contribution in [3.8, 4) is 0 Å². The van der Waals surface area contributed by atoms with Gasteiger partial charge in [0.1, 0.15) is 5.82 Å². The predicted molar refractivity (Wildman–Crippen MR) is 75.1 cm³/mol. The first kappa shape index (κ1) is 13.6. The van der Waals surface area contributed by atoms with Crippen LogP contribution in [0.1, 0.15) is 21.5 Å². The van der Waals surface area contributed by atoms with Crippen LogP contribution >= 0.6 is 11.6 Å². The minimum atomic E-state index is -0.426. The maximum atomic E-state index is 13.2. The zero-order valence-electron chi connectivity index (χ0n) is 10.4. The van der Waals surface area contributed by atoms with E-state index in [4.69, 9.17) is 11.6 Å². The molecule has 2 rings (SSSR count). The molecule has 0 spiro atoms. The lowest BCUT2D eigenvalue weighted by atomic mass is 10.1. The number of aryl methyl sites for hydroxylation is 1. The monoisotopic (exact) mass is 277 g/mol. The highest BCUT2D eigenvalue weighted by atomic mass is 35.5. The zero-order valence-corrected chi connectivity index (χ0v) is 11.2. The molecular formula is C15H13ClFNO. The molecule has 0 aliphatic rings. The number of nitrogens with one attached hydrogen (secondary N) is 1. The fourth-order valence-electron chi connectivity index (χ4n) is 1.77. The van der Waals surface area contributed by atoms with E-state index in [-0.39, 0.29) is 5.91 Å². The molecule has 0 bridgehead atoms. The van der Waals surface area contributed by atoms with Crippen LogP contribution in [0.15, 0.2) is 42.5 Å². The highest BCUT2D eigenvalue weighted by Gasteiger charge is 2.10. The quantitative estimate of drug-likeness (QED) is 0.840. The zero-order chi connectivity index (χ0) is 13.8. The summed E-state index contributed by atoms with van der Waals surface area (Å²) in [6.45, 7) is 1.77. The van der Waals surface area contributed by atoms with E-state index >= 15 is 0 Å². The first-order valence-electron chi connectivity index (χ1n) is 5.82. The van der Waals surface area contributed by atoms with Gasteiger partial charge in [0.05, 0.1) is 0 Å². The molecule has 0 aromatic heterocycles. The molecule has 1 amide bonds. The van der Waals surface area contributed by atoms with Gasteiger partial charge in [-0.3, -0.25) is 4.79 Å². The molecule has 2 aromatic carbocycles. The van der Waals surface area contributed by atoms with Crippen LogP contribution in [-0.2, 0) is 5.88 Å². The van der Waals surface area contributed by atoms with Crippen molar-refractivity contribution in [2.75, 3.05) is 5.32 Å². The van der Waals surface area contributed by atoms with Crippen LogP contribution in [0.2, 0.25) is 0 Å². The second-order valence-electron chi connectivity index (χ2n) is 4.25. The fraction of sp³-hybridized carbons (Fsp3) is 0.133. The lowest BCUT2D eigenvalue weighted by molar-refractivity contribution is 0.102. The largest absolute Gasteiger partial charge is 0.322 e. The number of rotatable bonds is 3. The summed E-state index contributed by atoms with van der Waals surface area (Å²) in [7, 11) is 0. The molecule has 4 heteroatoms. The Bertz CT molecular complexity index is 613. The topological polar surface area (TPSA) is 29.1 Å². The van der Waals surface area contributed by atoms with Crippen molar-refractivity contribution in [2.45, 2.75) is 12.8 Å². The molecule has 0 radical (unpaired) electrons. The number of anilines is 1. The maximum absolute atomic E-state index is 13.2. The normalized spacial score (nSPS) is 10.3. The Hall–Kier alpha value is -1.87. The number of hydrogen-bond donors (Lipinski definition) is 1. The fourth-order valence-corrected chi connectivity index (χ4v) is 1.94. The van der Waals surface area contributed by atoms with Gasteiger partial charge in [-0.05, 0) is 42.3 Å². The molecule has 2 nitrogen and oxygen atoms in total. The van der Waals surface area contributed by atoms with Crippen LogP contribution in [0.5, 0.6) is 0 Å². The van der Waals surface area contributed by atoms with Crippen LogP contribution in [0, 0.1) is 12.7 Å². The van der Waals surface area contributed by atoms with E-state index in [0.717, 1.165) is 11.1 Å². The lowest BCUT2D eigenvalue weighted by Gasteiger charge is -2.08. The molecule has 1 N–H and O–H groups in total. The van der Waals surface area contributed by atoms with Crippen LogP contribution in [0.25, 0.3) is 0 Å². The van der Waals surface area contributed by atoms with Gasteiger partial charge in [0.25, 0.3) is 5.91 Å². The van der Waals surface area contributed by atoms with Gasteiger partial charge >= 0.3 is 0 Å². The predicted octanol–water partition coefficient (Wildman–Crippen LogP) is 4.13. The van der Waals surface area contributed by atoms with Crippen molar-refractivity contribution in [3.05, 3.63) is 65.0 Å². The summed E-state index contributed by atoms with van der Waals surface area (Å²) in [4.78, 5) is 12.1. The van der Waals surface area contributed by atoms with E-state index in [9.17, 15) is 9.18 Å². The van der Waals surface area contributed by atoms with Gasteiger partial charge in [-0.25, -0.2) is 4.39 Å². The van der Waals surface area contributed by atoms with Gasteiger partial charge in [-0.1, -0.05) is 18.2 Å². The first-order valence-corrected chi connectivity index (χ1v) is 6.36. The van der Waals surface area contributed by atoms with Crippen LogP contribution in [0.4, 0.5) is 10.1 Å². The second kappa shape index (κ2) is 5.85. The number of carbonyl (C=O) groups excluding carboxylic acids is 1. The van der Waals surface area contributed by atoms with Crippen LogP contribution in [0.3, 0.4) is 0 Å². The minimum Gasteiger partial charge on any atom is -0.322 e. The van der Waals surface area contributed by atoms with E-state index in [1.165, 1.54) is 12.1 Å². The molecule has 0 heterocycles. The second-order valence-corrected chi connectivity index (χ2v) is 4.51. The SMILES string of the molecule is Cc1ccc(F)cc1C(=O)Nc1cccc(CCl)c1. The molecule has 98 valence electrons. The van der Waals surface area contributed by atoms with E-state index in [0.29, 0.717) is 17.1 Å². The summed E-state index contributed by atoms with van der Waals surface area (Å²) in [6, 6.07) is 11.4. The average molecular weight is 278 g/mol. The summed E-state index contributed by atoms with van der Waals surface area (Å²) in [5, 5.41) is 2.74. The molecule has 0 saturated carbocycles. The van der Waals surface area contributed by atoms with Gasteiger partial charge in [0, 0.05) is 17.1 Å². The van der Waals surface area contributed by atoms with Crippen molar-refractivity contribution in [1.82, 2.24) is 0 Å². The number of amides is 1. The van der Waals surface area contributed by atoms with Crippen LogP contribution < -0.4 is 5.32 Å². The Kier molecular flexibility index (Phi) is 4.17. The number of alkyl halides is 1. The van der Waals surface area contributed by atoms with Crippen molar-refractivity contribution >= 4 is 23.2 Å². The van der Waals surface area contributed by atoms with Crippen LogP contribution in [-0.4, -0.2) is 5.91 Å². The minimum absolute atomic E-state index is 0.330. The molecule has 0 aliphatic heterocycles. The molecule has 0 aliphatic carbocycles. The molecule has 0 fully saturated rings. The number of halogens is 2. The van der Waals surface area contributed by atoms with Gasteiger partial charge < -0.3 is 5.32 Å². The highest BCUT2D eigenvalue weighted by molar-refractivity contribution is 6.17. The molecule has 19 heavy (non-hydrogen) atoms. The molecule has 0 unspecified atom stereocenters. The smallest absolute Gasteiger partial charge is 0.256 e. The third-order valence-electron chi connectivity index (χ3n) is 2.78. The third kappa shape index (κ3) is 3.32. The van der Waals surface area contributed by atoms with E-state index < -0.39 is 5.82 Å².